The summed E-state index contributed by atoms with van der Waals surface area (Å²) in [5, 5.41) is 15.8. The maximum Gasteiger partial charge on any atom is 0.296 e. The van der Waals surface area contributed by atoms with Crippen molar-refractivity contribution in [1.82, 2.24) is 30.0 Å². The molecule has 0 saturated heterocycles. The first-order valence-electron chi connectivity index (χ1n) is 9.70. The van der Waals surface area contributed by atoms with Crippen molar-refractivity contribution in [3.8, 4) is 34.3 Å². The van der Waals surface area contributed by atoms with E-state index >= 15 is 0 Å². The van der Waals surface area contributed by atoms with Crippen LogP contribution >= 0.6 is 0 Å². The first-order valence-corrected chi connectivity index (χ1v) is 12.6. The highest BCUT2D eigenvalue weighted by Crippen LogP contribution is 2.28. The van der Waals surface area contributed by atoms with E-state index in [-0.39, 0.29) is 44.1 Å². The fourth-order valence-electron chi connectivity index (χ4n) is 3.33. The van der Waals surface area contributed by atoms with Crippen LogP contribution in [0.4, 0.5) is 0 Å². The number of para-hydroxylation sites is 2. The molecular formula is C20H14N6O7S2. The van der Waals surface area contributed by atoms with Gasteiger partial charge in [-0.1, -0.05) is 34.7 Å². The van der Waals surface area contributed by atoms with Crippen molar-refractivity contribution in [2.24, 2.45) is 0 Å². The van der Waals surface area contributed by atoms with Crippen molar-refractivity contribution in [2.45, 2.75) is 9.79 Å². The predicted octanol–water partition coefficient (Wildman–Crippen LogP) is 2.27. The molecule has 2 aromatic carbocycles. The SMILES string of the molecule is O=S(=O)(O)c1ccccc1-n1cc(-c2ccc(-c3cn(-c4ccccc4S(=O)(=O)O)nn3)o2)nn1. The van der Waals surface area contributed by atoms with Crippen LogP contribution in [0.25, 0.3) is 34.3 Å². The third-order valence-corrected chi connectivity index (χ3v) is 6.68. The second-order valence-electron chi connectivity index (χ2n) is 7.15. The van der Waals surface area contributed by atoms with Gasteiger partial charge in [0.05, 0.1) is 23.8 Å². The summed E-state index contributed by atoms with van der Waals surface area (Å²) in [5.74, 6) is 0.562. The minimum atomic E-state index is -4.48. The summed E-state index contributed by atoms with van der Waals surface area (Å²) >= 11 is 0. The molecule has 0 unspecified atom stereocenters. The van der Waals surface area contributed by atoms with E-state index in [0.717, 1.165) is 0 Å². The molecule has 0 aliphatic carbocycles. The second kappa shape index (κ2) is 8.24. The molecule has 0 radical (unpaired) electrons. The van der Waals surface area contributed by atoms with Gasteiger partial charge in [-0.3, -0.25) is 9.11 Å². The molecule has 0 atom stereocenters. The number of furan rings is 1. The van der Waals surface area contributed by atoms with Crippen LogP contribution in [-0.2, 0) is 20.2 Å². The Hall–Kier alpha value is -4.18. The summed E-state index contributed by atoms with van der Waals surface area (Å²) in [4.78, 5) is -0.670. The van der Waals surface area contributed by atoms with Gasteiger partial charge >= 0.3 is 0 Å². The summed E-state index contributed by atoms with van der Waals surface area (Å²) in [5.41, 5.74) is 0.734. The van der Waals surface area contributed by atoms with E-state index in [2.05, 4.69) is 20.6 Å². The molecule has 3 aromatic heterocycles. The maximum absolute atomic E-state index is 11.7. The van der Waals surface area contributed by atoms with Crippen LogP contribution in [-0.4, -0.2) is 55.9 Å². The van der Waals surface area contributed by atoms with Gasteiger partial charge in [-0.05, 0) is 36.4 Å². The number of hydrogen-bond acceptors (Lipinski definition) is 9. The highest BCUT2D eigenvalue weighted by Gasteiger charge is 2.20. The van der Waals surface area contributed by atoms with E-state index in [1.807, 2.05) is 0 Å². The van der Waals surface area contributed by atoms with Crippen LogP contribution < -0.4 is 0 Å². The molecule has 0 bridgehead atoms. The molecule has 13 nitrogen and oxygen atoms in total. The molecule has 0 fully saturated rings. The molecule has 2 N–H and O–H groups in total. The van der Waals surface area contributed by atoms with E-state index in [1.54, 1.807) is 24.3 Å². The zero-order valence-electron chi connectivity index (χ0n) is 17.4. The van der Waals surface area contributed by atoms with Crippen molar-refractivity contribution in [2.75, 3.05) is 0 Å². The Morgan fingerprint density at radius 2 is 1.03 bits per heavy atom. The lowest BCUT2D eigenvalue weighted by Crippen LogP contribution is -2.06. The lowest BCUT2D eigenvalue weighted by molar-refractivity contribution is 0.480. The molecule has 0 saturated carbocycles. The van der Waals surface area contributed by atoms with Crippen LogP contribution in [0.15, 0.2) is 87.3 Å². The van der Waals surface area contributed by atoms with Crippen LogP contribution in [0.1, 0.15) is 0 Å². The van der Waals surface area contributed by atoms with E-state index < -0.39 is 20.2 Å². The summed E-state index contributed by atoms with van der Waals surface area (Å²) in [6.45, 7) is 0. The molecular weight excluding hydrogens is 500 g/mol. The van der Waals surface area contributed by atoms with Crippen molar-refractivity contribution < 1.29 is 30.4 Å². The molecule has 3 heterocycles. The van der Waals surface area contributed by atoms with Crippen molar-refractivity contribution in [1.29, 1.82) is 0 Å². The third kappa shape index (κ3) is 4.35. The van der Waals surface area contributed by atoms with Crippen molar-refractivity contribution >= 4 is 20.2 Å². The average Bonchev–Trinajstić information content (AvgIpc) is 3.58. The van der Waals surface area contributed by atoms with Gasteiger partial charge in [-0.25, -0.2) is 9.36 Å². The first-order chi connectivity index (χ1) is 16.6. The van der Waals surface area contributed by atoms with E-state index in [0.29, 0.717) is 0 Å². The molecule has 15 heteroatoms. The summed E-state index contributed by atoms with van der Waals surface area (Å²) in [6, 6.07) is 14.7. The van der Waals surface area contributed by atoms with E-state index in [4.69, 9.17) is 4.42 Å². The van der Waals surface area contributed by atoms with Gasteiger partial charge in [0.2, 0.25) is 0 Å². The predicted molar refractivity (Wildman–Crippen MR) is 119 cm³/mol. The highest BCUT2D eigenvalue weighted by atomic mass is 32.2. The van der Waals surface area contributed by atoms with Gasteiger partial charge in [0.15, 0.2) is 11.5 Å². The number of hydrogen-bond donors (Lipinski definition) is 2. The first kappa shape index (κ1) is 22.6. The van der Waals surface area contributed by atoms with E-state index in [1.165, 1.54) is 58.2 Å². The smallest absolute Gasteiger partial charge is 0.296 e. The normalized spacial score (nSPS) is 12.2. The third-order valence-electron chi connectivity index (χ3n) is 4.88. The molecule has 0 aliphatic heterocycles. The Bertz CT molecular complexity index is 1640. The molecule has 0 spiro atoms. The van der Waals surface area contributed by atoms with Crippen LogP contribution in [0.2, 0.25) is 0 Å². The lowest BCUT2D eigenvalue weighted by atomic mass is 10.3. The lowest BCUT2D eigenvalue weighted by Gasteiger charge is -2.05. The second-order valence-corrected chi connectivity index (χ2v) is 9.93. The molecule has 178 valence electrons. The minimum Gasteiger partial charge on any atom is -0.453 e. The fraction of sp³-hybridized carbons (Fsp3) is 0. The van der Waals surface area contributed by atoms with Gasteiger partial charge in [-0.2, -0.15) is 16.8 Å². The Balaban J connectivity index is 1.46. The molecule has 5 rings (SSSR count). The highest BCUT2D eigenvalue weighted by molar-refractivity contribution is 7.86. The Morgan fingerprint density at radius 3 is 1.43 bits per heavy atom. The largest absolute Gasteiger partial charge is 0.453 e. The van der Waals surface area contributed by atoms with Gasteiger partial charge in [-0.15, -0.1) is 10.2 Å². The summed E-state index contributed by atoms with van der Waals surface area (Å²) in [6.07, 6.45) is 2.84. The van der Waals surface area contributed by atoms with Gasteiger partial charge < -0.3 is 4.42 Å². The summed E-state index contributed by atoms with van der Waals surface area (Å²) in [7, 11) is -8.97. The summed E-state index contributed by atoms with van der Waals surface area (Å²) < 4.78 is 73.7. The number of aromatic nitrogens is 6. The van der Waals surface area contributed by atoms with Crippen LogP contribution in [0.5, 0.6) is 0 Å². The molecule has 5 aromatic rings. The standard InChI is InChI=1S/C20H14N6O7S2/c27-34(28,29)19-7-3-1-5-15(19)25-11-13(21-23-25)17-9-10-18(33-17)14-12-26(24-22-14)16-6-2-4-8-20(16)35(30,31)32/h1-12H,(H,27,28,29)(H,30,31,32). The van der Waals surface area contributed by atoms with Gasteiger partial charge in [0.25, 0.3) is 20.2 Å². The molecule has 0 amide bonds. The Morgan fingerprint density at radius 1 is 0.629 bits per heavy atom. The van der Waals surface area contributed by atoms with Crippen molar-refractivity contribution in [3.05, 3.63) is 73.1 Å². The minimum absolute atomic E-state index is 0.0981. The Labute approximate surface area is 197 Å². The van der Waals surface area contributed by atoms with Crippen molar-refractivity contribution in [3.63, 3.8) is 0 Å². The number of benzene rings is 2. The van der Waals surface area contributed by atoms with E-state index in [9.17, 15) is 25.9 Å². The Kier molecular flexibility index (Phi) is 5.32. The fourth-order valence-corrected chi connectivity index (χ4v) is 4.68. The molecule has 35 heavy (non-hydrogen) atoms. The van der Waals surface area contributed by atoms with Crippen LogP contribution in [0, 0.1) is 0 Å². The topological polar surface area (TPSA) is 183 Å². The average molecular weight is 515 g/mol. The maximum atomic E-state index is 11.7. The zero-order valence-corrected chi connectivity index (χ0v) is 19.0. The molecule has 0 aliphatic rings. The zero-order chi connectivity index (χ0) is 24.8. The number of rotatable bonds is 6. The van der Waals surface area contributed by atoms with Gasteiger partial charge in [0, 0.05) is 0 Å². The quantitative estimate of drug-likeness (QED) is 0.317. The number of nitrogens with zero attached hydrogens (tertiary/aromatic N) is 6. The monoisotopic (exact) mass is 514 g/mol. The van der Waals surface area contributed by atoms with Gasteiger partial charge in [0.1, 0.15) is 21.2 Å². The van der Waals surface area contributed by atoms with Crippen LogP contribution in [0.3, 0.4) is 0 Å².